The molecular formula is C19H21N3O2. The average molecular weight is 323 g/mol. The van der Waals surface area contributed by atoms with Crippen LogP contribution >= 0.6 is 0 Å². The van der Waals surface area contributed by atoms with Crippen LogP contribution in [0.1, 0.15) is 29.2 Å². The molecule has 0 saturated heterocycles. The number of nitrogens with zero attached hydrogens (tertiary/aromatic N) is 1. The average Bonchev–Trinajstić information content (AvgIpc) is 3.24. The van der Waals surface area contributed by atoms with Crippen molar-refractivity contribution in [1.82, 2.24) is 15.5 Å². The second-order valence-electron chi connectivity index (χ2n) is 6.18. The van der Waals surface area contributed by atoms with Crippen LogP contribution in [0.5, 0.6) is 5.75 Å². The number of nitrogens with one attached hydrogen (secondary N) is 2. The van der Waals surface area contributed by atoms with Crippen LogP contribution in [0.4, 0.5) is 0 Å². The van der Waals surface area contributed by atoms with Gasteiger partial charge in [-0.15, -0.1) is 0 Å². The number of rotatable bonds is 5. The van der Waals surface area contributed by atoms with Crippen LogP contribution in [0.2, 0.25) is 0 Å². The molecule has 0 amide bonds. The molecule has 1 aromatic carbocycles. The Hall–Kier alpha value is -2.53. The highest BCUT2D eigenvalue weighted by Crippen LogP contribution is 2.33. The Kier molecular flexibility index (Phi) is 4.09. The lowest BCUT2D eigenvalue weighted by Crippen LogP contribution is -2.25. The Morgan fingerprint density at radius 3 is 3.04 bits per heavy atom. The number of benzene rings is 1. The third-order valence-electron chi connectivity index (χ3n) is 4.49. The van der Waals surface area contributed by atoms with Crippen LogP contribution in [0, 0.1) is 6.92 Å². The van der Waals surface area contributed by atoms with Crippen molar-refractivity contribution in [2.24, 2.45) is 0 Å². The largest absolute Gasteiger partial charge is 0.493 e. The zero-order valence-electron chi connectivity index (χ0n) is 13.7. The molecule has 3 aromatic rings. The van der Waals surface area contributed by atoms with E-state index in [0.29, 0.717) is 5.92 Å². The van der Waals surface area contributed by atoms with E-state index in [1.54, 1.807) is 0 Å². The number of ether oxygens (including phenoxy) is 1. The first kappa shape index (κ1) is 15.0. The Balaban J connectivity index is 1.42. The Morgan fingerprint density at radius 2 is 2.17 bits per heavy atom. The van der Waals surface area contributed by atoms with Gasteiger partial charge in [-0.1, -0.05) is 18.2 Å². The summed E-state index contributed by atoms with van der Waals surface area (Å²) in [5, 5.41) is 10.8. The predicted molar refractivity (Wildman–Crippen MR) is 92.0 cm³/mol. The molecule has 1 aliphatic rings. The second-order valence-corrected chi connectivity index (χ2v) is 6.18. The zero-order chi connectivity index (χ0) is 16.4. The van der Waals surface area contributed by atoms with Gasteiger partial charge in [-0.2, -0.15) is 5.10 Å². The van der Waals surface area contributed by atoms with Gasteiger partial charge in [0.1, 0.15) is 17.2 Å². The van der Waals surface area contributed by atoms with Gasteiger partial charge >= 0.3 is 0 Å². The maximum absolute atomic E-state index is 5.73. The third-order valence-corrected chi connectivity index (χ3v) is 4.49. The Labute approximate surface area is 141 Å². The van der Waals surface area contributed by atoms with Crippen LogP contribution in [0.25, 0.3) is 11.5 Å². The van der Waals surface area contributed by atoms with Gasteiger partial charge in [0.2, 0.25) is 0 Å². The highest BCUT2D eigenvalue weighted by atomic mass is 16.5. The van der Waals surface area contributed by atoms with Crippen molar-refractivity contribution in [1.29, 1.82) is 0 Å². The van der Waals surface area contributed by atoms with E-state index in [1.165, 1.54) is 5.56 Å². The lowest BCUT2D eigenvalue weighted by atomic mass is 9.93. The van der Waals surface area contributed by atoms with Gasteiger partial charge < -0.3 is 14.5 Å². The van der Waals surface area contributed by atoms with Gasteiger partial charge in [0, 0.05) is 24.6 Å². The van der Waals surface area contributed by atoms with Crippen LogP contribution in [0.15, 0.2) is 47.0 Å². The first-order valence-electron chi connectivity index (χ1n) is 8.33. The molecule has 0 bridgehead atoms. The van der Waals surface area contributed by atoms with E-state index in [0.717, 1.165) is 54.6 Å². The number of hydrogen-bond acceptors (Lipinski definition) is 4. The molecule has 24 heavy (non-hydrogen) atoms. The molecule has 0 radical (unpaired) electrons. The number of aryl methyl sites for hydroxylation is 1. The van der Waals surface area contributed by atoms with Crippen molar-refractivity contribution >= 4 is 0 Å². The van der Waals surface area contributed by atoms with Crippen molar-refractivity contribution < 1.29 is 9.15 Å². The summed E-state index contributed by atoms with van der Waals surface area (Å²) in [6.07, 6.45) is 2.90. The monoisotopic (exact) mass is 323 g/mol. The van der Waals surface area contributed by atoms with Crippen LogP contribution < -0.4 is 10.1 Å². The van der Waals surface area contributed by atoms with Gasteiger partial charge in [-0.3, -0.25) is 5.10 Å². The number of furan rings is 1. The van der Waals surface area contributed by atoms with E-state index in [4.69, 9.17) is 9.15 Å². The fourth-order valence-electron chi connectivity index (χ4n) is 3.24. The second kappa shape index (κ2) is 6.53. The highest BCUT2D eigenvalue weighted by Gasteiger charge is 2.20. The molecule has 1 atom stereocenters. The number of para-hydroxylation sites is 1. The van der Waals surface area contributed by atoms with E-state index in [2.05, 4.69) is 33.7 Å². The zero-order valence-corrected chi connectivity index (χ0v) is 13.7. The molecular weight excluding hydrogens is 302 g/mol. The summed E-state index contributed by atoms with van der Waals surface area (Å²) in [6, 6.07) is 12.3. The fraction of sp³-hybridized carbons (Fsp3) is 0.316. The molecule has 124 valence electrons. The maximum atomic E-state index is 5.73. The van der Waals surface area contributed by atoms with Crippen molar-refractivity contribution in [3.05, 3.63) is 59.5 Å². The molecule has 1 aliphatic heterocycles. The van der Waals surface area contributed by atoms with Crippen molar-refractivity contribution in [3.8, 4) is 17.2 Å². The van der Waals surface area contributed by atoms with Crippen molar-refractivity contribution in [3.63, 3.8) is 0 Å². The number of fused-ring (bicyclic) bond motifs is 1. The molecule has 0 saturated carbocycles. The van der Waals surface area contributed by atoms with Crippen LogP contribution in [-0.2, 0) is 6.54 Å². The fourth-order valence-corrected chi connectivity index (χ4v) is 3.24. The molecule has 5 heteroatoms. The molecule has 4 rings (SSSR count). The summed E-state index contributed by atoms with van der Waals surface area (Å²) in [7, 11) is 0. The summed E-state index contributed by atoms with van der Waals surface area (Å²) in [5.74, 6) is 3.23. The summed E-state index contributed by atoms with van der Waals surface area (Å²) in [4.78, 5) is 0. The molecule has 5 nitrogen and oxygen atoms in total. The predicted octanol–water partition coefficient (Wildman–Crippen LogP) is 3.63. The topological polar surface area (TPSA) is 63.1 Å². The summed E-state index contributed by atoms with van der Waals surface area (Å²) < 4.78 is 11.4. The minimum absolute atomic E-state index is 0.483. The molecule has 1 unspecified atom stereocenters. The van der Waals surface area contributed by atoms with Gasteiger partial charge in [-0.05, 0) is 37.1 Å². The number of aromatic amines is 1. The van der Waals surface area contributed by atoms with Gasteiger partial charge in [0.25, 0.3) is 0 Å². The standard InChI is InChI=1S/C19H21N3O2/c1-13-6-7-18(24-13)19-15(12-21-22-19)11-20-10-14-8-9-23-17-5-3-2-4-16(14)17/h2-7,12,14,20H,8-11H2,1H3,(H,21,22). The normalized spacial score (nSPS) is 16.6. The summed E-state index contributed by atoms with van der Waals surface area (Å²) in [5.41, 5.74) is 3.36. The first-order chi connectivity index (χ1) is 11.8. The quantitative estimate of drug-likeness (QED) is 0.752. The van der Waals surface area contributed by atoms with Crippen molar-refractivity contribution in [2.75, 3.05) is 13.2 Å². The molecule has 0 aliphatic carbocycles. The number of aromatic nitrogens is 2. The third kappa shape index (κ3) is 2.95. The summed E-state index contributed by atoms with van der Waals surface area (Å²) in [6.45, 7) is 4.40. The number of hydrogen-bond donors (Lipinski definition) is 2. The maximum Gasteiger partial charge on any atom is 0.152 e. The van der Waals surface area contributed by atoms with E-state index < -0.39 is 0 Å². The smallest absolute Gasteiger partial charge is 0.152 e. The van der Waals surface area contributed by atoms with Crippen LogP contribution in [-0.4, -0.2) is 23.3 Å². The van der Waals surface area contributed by atoms with Crippen LogP contribution in [0.3, 0.4) is 0 Å². The van der Waals surface area contributed by atoms with E-state index in [9.17, 15) is 0 Å². The lowest BCUT2D eigenvalue weighted by Gasteiger charge is -2.26. The lowest BCUT2D eigenvalue weighted by molar-refractivity contribution is 0.264. The first-order valence-corrected chi connectivity index (χ1v) is 8.33. The van der Waals surface area contributed by atoms with Gasteiger partial charge in [0.15, 0.2) is 5.76 Å². The van der Waals surface area contributed by atoms with Gasteiger partial charge in [-0.25, -0.2) is 0 Å². The molecule has 0 fully saturated rings. The minimum atomic E-state index is 0.483. The molecule has 3 heterocycles. The highest BCUT2D eigenvalue weighted by molar-refractivity contribution is 5.56. The Morgan fingerprint density at radius 1 is 1.25 bits per heavy atom. The SMILES string of the molecule is Cc1ccc(-c2[nH]ncc2CNCC2CCOc3ccccc32)o1. The molecule has 0 spiro atoms. The number of H-pyrrole nitrogens is 1. The summed E-state index contributed by atoms with van der Waals surface area (Å²) >= 11 is 0. The van der Waals surface area contributed by atoms with Gasteiger partial charge in [0.05, 0.1) is 12.8 Å². The van der Waals surface area contributed by atoms with E-state index in [1.807, 2.05) is 31.3 Å². The van der Waals surface area contributed by atoms with E-state index in [-0.39, 0.29) is 0 Å². The van der Waals surface area contributed by atoms with Crippen molar-refractivity contribution in [2.45, 2.75) is 25.8 Å². The molecule has 2 N–H and O–H groups in total. The minimum Gasteiger partial charge on any atom is -0.493 e. The molecule has 2 aromatic heterocycles. The Bertz CT molecular complexity index is 821. The van der Waals surface area contributed by atoms with E-state index >= 15 is 0 Å².